The first-order chi connectivity index (χ1) is 12.0. The topological polar surface area (TPSA) is 47.3 Å². The Morgan fingerprint density at radius 1 is 1.28 bits per heavy atom. The Kier molecular flexibility index (Phi) is 3.68. The number of aliphatic hydroxyl groups is 1. The number of aliphatic hydroxyl groups excluding tert-OH is 1. The van der Waals surface area contributed by atoms with Gasteiger partial charge in [0.25, 0.3) is 0 Å². The average Bonchev–Trinajstić information content (AvgIpc) is 3.06. The highest BCUT2D eigenvalue weighted by atomic mass is 19.3. The first kappa shape index (κ1) is 16.0. The van der Waals surface area contributed by atoms with Crippen LogP contribution in [0.25, 0.3) is 11.0 Å². The number of nitrogens with zero attached hydrogens (tertiary/aromatic N) is 2. The lowest BCUT2D eigenvalue weighted by molar-refractivity contribution is -0.0507. The molecule has 1 aliphatic rings. The van der Waals surface area contributed by atoms with Gasteiger partial charge in [0.2, 0.25) is 0 Å². The molecule has 3 aromatic rings. The zero-order chi connectivity index (χ0) is 17.7. The van der Waals surface area contributed by atoms with E-state index in [0.717, 1.165) is 0 Å². The molecule has 4 rings (SSSR count). The Balaban J connectivity index is 1.90. The fourth-order valence-electron chi connectivity index (χ4n) is 3.45. The van der Waals surface area contributed by atoms with Crippen LogP contribution in [0.1, 0.15) is 35.5 Å². The van der Waals surface area contributed by atoms with Crippen LogP contribution in [-0.4, -0.2) is 21.3 Å². The first-order valence-corrected chi connectivity index (χ1v) is 7.85. The number of fused-ring (bicyclic) bond motifs is 3. The highest BCUT2D eigenvalue weighted by molar-refractivity contribution is 5.78. The lowest BCUT2D eigenvalue weighted by Gasteiger charge is -2.18. The molecule has 1 aromatic heterocycles. The van der Waals surface area contributed by atoms with E-state index < -0.39 is 18.8 Å². The van der Waals surface area contributed by atoms with Crippen LogP contribution in [0.15, 0.2) is 36.4 Å². The third kappa shape index (κ3) is 2.55. The molecule has 0 amide bonds. The summed E-state index contributed by atoms with van der Waals surface area (Å²) in [5, 5.41) is 10.4. The number of benzene rings is 2. The van der Waals surface area contributed by atoms with E-state index in [4.69, 9.17) is 0 Å². The summed E-state index contributed by atoms with van der Waals surface area (Å²) in [4.78, 5) is 4.33. The van der Waals surface area contributed by atoms with Crippen molar-refractivity contribution in [3.63, 3.8) is 0 Å². The van der Waals surface area contributed by atoms with Gasteiger partial charge in [-0.05, 0) is 24.6 Å². The number of para-hydroxylation sites is 1. The predicted octanol–water partition coefficient (Wildman–Crippen LogP) is 4.11. The van der Waals surface area contributed by atoms with Gasteiger partial charge in [-0.2, -0.15) is 8.78 Å². The standard InChI is InChI=1S/C18H15F3N2O2/c1-9-6-14-12(7-11(9)19)22-17-15(24)8-13(23(14)17)10-4-2-3-5-16(10)25-18(20)21/h2-7,13,15,18,24H,8H2,1H3. The Labute approximate surface area is 141 Å². The van der Waals surface area contributed by atoms with Gasteiger partial charge in [-0.15, -0.1) is 0 Å². The number of hydrogen-bond donors (Lipinski definition) is 1. The van der Waals surface area contributed by atoms with Crippen molar-refractivity contribution in [2.24, 2.45) is 0 Å². The molecule has 2 atom stereocenters. The third-order valence-corrected chi connectivity index (χ3v) is 4.55. The zero-order valence-electron chi connectivity index (χ0n) is 13.3. The number of alkyl halides is 2. The molecule has 0 saturated carbocycles. The molecule has 130 valence electrons. The molecule has 0 fully saturated rings. The van der Waals surface area contributed by atoms with Crippen molar-refractivity contribution >= 4 is 11.0 Å². The minimum Gasteiger partial charge on any atom is -0.434 e. The van der Waals surface area contributed by atoms with E-state index in [-0.39, 0.29) is 18.0 Å². The van der Waals surface area contributed by atoms with Crippen molar-refractivity contribution in [1.29, 1.82) is 0 Å². The highest BCUT2D eigenvalue weighted by Gasteiger charge is 2.35. The van der Waals surface area contributed by atoms with Crippen LogP contribution in [0.3, 0.4) is 0 Å². The van der Waals surface area contributed by atoms with Crippen LogP contribution in [0.4, 0.5) is 13.2 Å². The lowest BCUT2D eigenvalue weighted by Crippen LogP contribution is -2.10. The van der Waals surface area contributed by atoms with E-state index in [9.17, 15) is 18.3 Å². The number of aromatic nitrogens is 2. The maximum atomic E-state index is 13.8. The van der Waals surface area contributed by atoms with E-state index in [0.29, 0.717) is 28.0 Å². The third-order valence-electron chi connectivity index (χ3n) is 4.55. The molecule has 0 saturated heterocycles. The van der Waals surface area contributed by atoms with E-state index in [2.05, 4.69) is 9.72 Å². The molecule has 7 heteroatoms. The van der Waals surface area contributed by atoms with Crippen LogP contribution in [-0.2, 0) is 0 Å². The Morgan fingerprint density at radius 2 is 2.04 bits per heavy atom. The minimum absolute atomic E-state index is 0.0585. The van der Waals surface area contributed by atoms with E-state index in [1.54, 1.807) is 35.8 Å². The monoisotopic (exact) mass is 348 g/mol. The number of aryl methyl sites for hydroxylation is 1. The largest absolute Gasteiger partial charge is 0.434 e. The molecule has 1 N–H and O–H groups in total. The van der Waals surface area contributed by atoms with Crippen molar-refractivity contribution in [1.82, 2.24) is 9.55 Å². The summed E-state index contributed by atoms with van der Waals surface area (Å²) in [6, 6.07) is 9.04. The van der Waals surface area contributed by atoms with Gasteiger partial charge in [0, 0.05) is 18.1 Å². The summed E-state index contributed by atoms with van der Waals surface area (Å²) in [7, 11) is 0. The molecular weight excluding hydrogens is 333 g/mol. The fourth-order valence-corrected chi connectivity index (χ4v) is 3.45. The number of rotatable bonds is 3. The van der Waals surface area contributed by atoms with Crippen molar-refractivity contribution in [3.8, 4) is 5.75 Å². The zero-order valence-corrected chi connectivity index (χ0v) is 13.3. The minimum atomic E-state index is -2.94. The van der Waals surface area contributed by atoms with Gasteiger partial charge in [-0.25, -0.2) is 9.37 Å². The van der Waals surface area contributed by atoms with Gasteiger partial charge in [0.1, 0.15) is 23.5 Å². The van der Waals surface area contributed by atoms with Crippen LogP contribution >= 0.6 is 0 Å². The molecule has 2 unspecified atom stereocenters. The van der Waals surface area contributed by atoms with E-state index in [1.165, 1.54) is 12.1 Å². The predicted molar refractivity (Wildman–Crippen MR) is 85.2 cm³/mol. The number of hydrogen-bond acceptors (Lipinski definition) is 3. The smallest absolute Gasteiger partial charge is 0.387 e. The maximum absolute atomic E-state index is 13.8. The summed E-state index contributed by atoms with van der Waals surface area (Å²) in [5.41, 5.74) is 2.06. The van der Waals surface area contributed by atoms with Crippen LogP contribution in [0, 0.1) is 12.7 Å². The molecule has 4 nitrogen and oxygen atoms in total. The van der Waals surface area contributed by atoms with Crippen LogP contribution in [0.5, 0.6) is 5.75 Å². The second kappa shape index (κ2) is 5.77. The fraction of sp³-hybridized carbons (Fsp3) is 0.278. The SMILES string of the molecule is Cc1cc2c(cc1F)nc1n2C(c2ccccc2OC(F)F)CC1O. The second-order valence-electron chi connectivity index (χ2n) is 6.11. The molecular formula is C18H15F3N2O2. The van der Waals surface area contributed by atoms with Gasteiger partial charge < -0.3 is 14.4 Å². The maximum Gasteiger partial charge on any atom is 0.387 e. The Hall–Kier alpha value is -2.54. The summed E-state index contributed by atoms with van der Waals surface area (Å²) < 4.78 is 45.7. The average molecular weight is 348 g/mol. The second-order valence-corrected chi connectivity index (χ2v) is 6.11. The Morgan fingerprint density at radius 3 is 2.80 bits per heavy atom. The molecule has 1 aliphatic heterocycles. The quantitative estimate of drug-likeness (QED) is 0.775. The molecule has 2 aromatic carbocycles. The van der Waals surface area contributed by atoms with Crippen molar-refractivity contribution in [2.45, 2.75) is 32.1 Å². The number of ether oxygens (including phenoxy) is 1. The van der Waals surface area contributed by atoms with Gasteiger partial charge in [0.15, 0.2) is 0 Å². The summed E-state index contributed by atoms with van der Waals surface area (Å²) in [6.07, 6.45) is -0.571. The normalized spacial score (nSPS) is 19.6. The van der Waals surface area contributed by atoms with Crippen LogP contribution < -0.4 is 4.74 Å². The van der Waals surface area contributed by atoms with Crippen LogP contribution in [0.2, 0.25) is 0 Å². The molecule has 0 bridgehead atoms. The van der Waals surface area contributed by atoms with Gasteiger partial charge in [0.05, 0.1) is 17.1 Å². The number of halogens is 3. The first-order valence-electron chi connectivity index (χ1n) is 7.85. The molecule has 0 spiro atoms. The summed E-state index contributed by atoms with van der Waals surface area (Å²) in [6.45, 7) is -1.30. The summed E-state index contributed by atoms with van der Waals surface area (Å²) in [5.74, 6) is 0.0804. The van der Waals surface area contributed by atoms with Gasteiger partial charge >= 0.3 is 6.61 Å². The summed E-state index contributed by atoms with van der Waals surface area (Å²) >= 11 is 0. The van der Waals surface area contributed by atoms with Crippen molar-refractivity contribution < 1.29 is 23.0 Å². The molecule has 25 heavy (non-hydrogen) atoms. The Bertz CT molecular complexity index is 955. The van der Waals surface area contributed by atoms with E-state index >= 15 is 0 Å². The number of imidazole rings is 1. The van der Waals surface area contributed by atoms with Crippen molar-refractivity contribution in [3.05, 3.63) is 59.2 Å². The van der Waals surface area contributed by atoms with Gasteiger partial charge in [-0.3, -0.25) is 0 Å². The molecule has 0 aliphatic carbocycles. The molecule has 0 radical (unpaired) electrons. The van der Waals surface area contributed by atoms with Gasteiger partial charge in [-0.1, -0.05) is 18.2 Å². The van der Waals surface area contributed by atoms with E-state index in [1.807, 2.05) is 0 Å². The van der Waals surface area contributed by atoms with Crippen molar-refractivity contribution in [2.75, 3.05) is 0 Å². The lowest BCUT2D eigenvalue weighted by atomic mass is 10.0. The molecule has 2 heterocycles. The highest BCUT2D eigenvalue weighted by Crippen LogP contribution is 2.44.